The Morgan fingerprint density at radius 1 is 0.954 bits per heavy atom. The number of carbonyl (C=O) groups is 1. The maximum atomic E-state index is 14.3. The van der Waals surface area contributed by atoms with E-state index in [1.807, 2.05) is 43.3 Å². The Labute approximate surface area is 379 Å². The van der Waals surface area contributed by atoms with Gasteiger partial charge in [-0.3, -0.25) is 15.0 Å². The fourth-order valence-electron chi connectivity index (χ4n) is 9.73. The molecule has 3 aliphatic rings. The standard InChI is InChI=1S/C51H58FN3O10/c1-5-26-62-51-47(54(50(58)61-4)31-35-13-17-38(52)18-14-35)30-45(53-63-32-36-15-19-39(20-16-36)55(59)60)43-28-37(10-6-8-24-56)42(11-7-9-25-57)48(49(43)51)44-29-41(22-23-46(44)65-51)64-40-21-12-33(2)34(3)27-40/h5,12-23,27-29,37,42,47-49,56-57H,1,6-11,24-26,30-32H2,2-4H3/t37-,42+,47-,48+,49+,51+/m0/s1. The lowest BCUT2D eigenvalue weighted by Crippen LogP contribution is -2.70. The molecule has 0 radical (unpaired) electrons. The van der Waals surface area contributed by atoms with Crippen LogP contribution in [0.1, 0.15) is 78.7 Å². The number of halogens is 1. The molecule has 4 aromatic rings. The van der Waals surface area contributed by atoms with E-state index in [0.717, 1.165) is 47.9 Å². The van der Waals surface area contributed by atoms with Crippen LogP contribution in [-0.4, -0.2) is 70.6 Å². The zero-order chi connectivity index (χ0) is 46.1. The van der Waals surface area contributed by atoms with Crippen molar-refractivity contribution in [3.63, 3.8) is 0 Å². The second-order valence-corrected chi connectivity index (χ2v) is 17.0. The number of aliphatic hydroxyl groups excluding tert-OH is 2. The molecule has 0 saturated heterocycles. The first-order valence-corrected chi connectivity index (χ1v) is 22.3. The molecule has 1 heterocycles. The minimum absolute atomic E-state index is 0.00414. The van der Waals surface area contributed by atoms with Crippen LogP contribution in [-0.2, 0) is 27.5 Å². The van der Waals surface area contributed by atoms with Crippen LogP contribution in [0.5, 0.6) is 17.2 Å². The number of nitro benzene ring substituents is 1. The molecule has 0 unspecified atom stereocenters. The van der Waals surface area contributed by atoms with E-state index in [1.165, 1.54) is 31.4 Å². The van der Waals surface area contributed by atoms with Gasteiger partial charge in [-0.15, -0.1) is 6.58 Å². The molecule has 0 bridgehead atoms. The van der Waals surface area contributed by atoms with Crippen molar-refractivity contribution >= 4 is 17.5 Å². The summed E-state index contributed by atoms with van der Waals surface area (Å²) in [7, 11) is 1.30. The van der Waals surface area contributed by atoms with Gasteiger partial charge in [0.2, 0.25) is 5.79 Å². The number of unbranched alkanes of at least 4 members (excludes halogenated alkanes) is 2. The maximum absolute atomic E-state index is 14.3. The predicted octanol–water partition coefficient (Wildman–Crippen LogP) is 10.2. The predicted molar refractivity (Wildman–Crippen MR) is 243 cm³/mol. The molecule has 1 amide bonds. The quantitative estimate of drug-likeness (QED) is 0.0378. The molecule has 1 aliphatic heterocycles. The van der Waals surface area contributed by atoms with Gasteiger partial charge in [-0.1, -0.05) is 48.3 Å². The highest BCUT2D eigenvalue weighted by atomic mass is 19.1. The van der Waals surface area contributed by atoms with Crippen LogP contribution >= 0.6 is 0 Å². The van der Waals surface area contributed by atoms with Gasteiger partial charge in [0.25, 0.3) is 5.69 Å². The smallest absolute Gasteiger partial charge is 0.410 e. The number of rotatable bonds is 20. The van der Waals surface area contributed by atoms with E-state index in [4.69, 9.17) is 28.9 Å². The van der Waals surface area contributed by atoms with E-state index in [2.05, 4.69) is 19.6 Å². The van der Waals surface area contributed by atoms with Crippen molar-refractivity contribution in [1.29, 1.82) is 0 Å². The Morgan fingerprint density at radius 3 is 2.32 bits per heavy atom. The van der Waals surface area contributed by atoms with Crippen LogP contribution < -0.4 is 9.47 Å². The van der Waals surface area contributed by atoms with Gasteiger partial charge in [0.1, 0.15) is 35.7 Å². The summed E-state index contributed by atoms with van der Waals surface area (Å²) in [5.74, 6) is -1.12. The van der Waals surface area contributed by atoms with E-state index in [-0.39, 0.29) is 62.8 Å². The van der Waals surface area contributed by atoms with Crippen LogP contribution in [0.4, 0.5) is 14.9 Å². The monoisotopic (exact) mass is 891 g/mol. The van der Waals surface area contributed by atoms with Crippen LogP contribution in [0, 0.1) is 47.5 Å². The van der Waals surface area contributed by atoms with Gasteiger partial charge < -0.3 is 34.0 Å². The summed E-state index contributed by atoms with van der Waals surface area (Å²) in [4.78, 5) is 32.8. The number of carbonyl (C=O) groups excluding carboxylic acids is 1. The Kier molecular flexibility index (Phi) is 15.3. The molecule has 1 fully saturated rings. The maximum Gasteiger partial charge on any atom is 0.410 e. The third-order valence-electron chi connectivity index (χ3n) is 13.0. The molecule has 1 saturated carbocycles. The van der Waals surface area contributed by atoms with Gasteiger partial charge in [-0.05, 0) is 134 Å². The van der Waals surface area contributed by atoms with E-state index >= 15 is 0 Å². The van der Waals surface area contributed by atoms with Gasteiger partial charge in [0.15, 0.2) is 0 Å². The number of non-ortho nitro benzene ring substituents is 1. The van der Waals surface area contributed by atoms with E-state index < -0.39 is 34.6 Å². The van der Waals surface area contributed by atoms with E-state index in [9.17, 15) is 29.5 Å². The topological polar surface area (TPSA) is 162 Å². The first-order valence-electron chi connectivity index (χ1n) is 22.3. The Balaban J connectivity index is 1.44. The molecular formula is C51H58FN3O10. The highest BCUT2D eigenvalue weighted by molar-refractivity contribution is 6.03. The van der Waals surface area contributed by atoms with Gasteiger partial charge in [0, 0.05) is 49.8 Å². The molecular weight excluding hydrogens is 834 g/mol. The average Bonchev–Trinajstić information content (AvgIpc) is 3.30. The number of nitrogens with zero attached hydrogens (tertiary/aromatic N) is 3. The zero-order valence-corrected chi connectivity index (χ0v) is 37.2. The number of hydrogen-bond acceptors (Lipinski definition) is 11. The van der Waals surface area contributed by atoms with Crippen molar-refractivity contribution in [3.8, 4) is 17.2 Å². The number of aliphatic hydroxyl groups is 2. The van der Waals surface area contributed by atoms with Crippen molar-refractivity contribution in [3.05, 3.63) is 153 Å². The van der Waals surface area contributed by atoms with Crippen molar-refractivity contribution in [2.45, 2.75) is 89.7 Å². The van der Waals surface area contributed by atoms with E-state index in [1.54, 1.807) is 35.2 Å². The third kappa shape index (κ3) is 10.4. The summed E-state index contributed by atoms with van der Waals surface area (Å²) < 4.78 is 40.6. The minimum atomic E-state index is -1.56. The SMILES string of the molecule is C=CCO[C@@]12Oc3ccc(Oc4ccc(C)c(C)c4)cc3[C@H]3[C@H](CCCCO)[C@@H](CCCCO)C=C(C(=NOCc4ccc([N+](=O)[O-])cc4)C[C@@H]1N(Cc1ccc(F)cc1)C(=O)OC)[C@H]32. The van der Waals surface area contributed by atoms with Gasteiger partial charge in [-0.25, -0.2) is 9.18 Å². The number of allylic oxidation sites excluding steroid dienone is 1. The van der Waals surface area contributed by atoms with Gasteiger partial charge >= 0.3 is 6.09 Å². The number of ether oxygens (including phenoxy) is 4. The molecule has 65 heavy (non-hydrogen) atoms. The number of fused-ring (bicyclic) bond motifs is 2. The molecule has 344 valence electrons. The molecule has 2 N–H and O–H groups in total. The normalized spacial score (nSPS) is 22.5. The van der Waals surface area contributed by atoms with Crippen LogP contribution in [0.2, 0.25) is 0 Å². The number of hydrogen-bond donors (Lipinski definition) is 2. The molecule has 4 aromatic carbocycles. The summed E-state index contributed by atoms with van der Waals surface area (Å²) >= 11 is 0. The molecule has 2 aliphatic carbocycles. The summed E-state index contributed by atoms with van der Waals surface area (Å²) in [6.07, 6.45) is 7.51. The fourth-order valence-corrected chi connectivity index (χ4v) is 9.73. The lowest BCUT2D eigenvalue weighted by molar-refractivity contribution is -0.384. The first-order chi connectivity index (χ1) is 31.5. The van der Waals surface area contributed by atoms with Crippen molar-refractivity contribution < 1.29 is 48.1 Å². The number of aryl methyl sites for hydroxylation is 2. The summed E-state index contributed by atoms with van der Waals surface area (Å²) in [5, 5.41) is 36.1. The van der Waals surface area contributed by atoms with Crippen LogP contribution in [0.25, 0.3) is 0 Å². The molecule has 0 spiro atoms. The molecule has 0 aromatic heterocycles. The second kappa shape index (κ2) is 21.3. The van der Waals surface area contributed by atoms with Gasteiger partial charge in [-0.2, -0.15) is 0 Å². The molecule has 7 rings (SSSR count). The Morgan fingerprint density at radius 2 is 1.65 bits per heavy atom. The number of methoxy groups -OCH3 is 1. The zero-order valence-electron chi connectivity index (χ0n) is 37.2. The number of amides is 1. The molecule has 14 heteroatoms. The summed E-state index contributed by atoms with van der Waals surface area (Å²) in [5.41, 5.74) is 5.75. The fraction of sp³-hybridized carbons (Fsp3) is 0.412. The number of nitro groups is 1. The minimum Gasteiger partial charge on any atom is -0.459 e. The third-order valence-corrected chi connectivity index (χ3v) is 13.0. The highest BCUT2D eigenvalue weighted by Crippen LogP contribution is 2.62. The second-order valence-electron chi connectivity index (χ2n) is 17.0. The lowest BCUT2D eigenvalue weighted by atomic mass is 9.55. The van der Waals surface area contributed by atoms with Crippen molar-refractivity contribution in [2.24, 2.45) is 22.9 Å². The number of oxime groups is 1. The highest BCUT2D eigenvalue weighted by Gasteiger charge is 2.65. The largest absolute Gasteiger partial charge is 0.459 e. The van der Waals surface area contributed by atoms with E-state index in [0.29, 0.717) is 46.9 Å². The number of benzene rings is 4. The van der Waals surface area contributed by atoms with Crippen molar-refractivity contribution in [1.82, 2.24) is 4.90 Å². The summed E-state index contributed by atoms with van der Waals surface area (Å²) in [6.45, 7) is 8.25. The average molecular weight is 892 g/mol. The van der Waals surface area contributed by atoms with Gasteiger partial charge in [0.05, 0.1) is 30.3 Å². The Bertz CT molecular complexity index is 2370. The van der Waals surface area contributed by atoms with Crippen LogP contribution in [0.3, 0.4) is 0 Å². The first kappa shape index (κ1) is 46.9. The molecule has 13 nitrogen and oxygen atoms in total. The Hall–Kier alpha value is -6.09. The lowest BCUT2D eigenvalue weighted by Gasteiger charge is -2.59. The summed E-state index contributed by atoms with van der Waals surface area (Å²) in [6, 6.07) is 22.8. The molecule has 6 atom stereocenters. The van der Waals surface area contributed by atoms with Crippen LogP contribution in [0.15, 0.2) is 114 Å². The van der Waals surface area contributed by atoms with Crippen molar-refractivity contribution in [2.75, 3.05) is 26.9 Å².